The molecule has 1 aromatic rings. The normalized spacial score (nSPS) is 24.5. The van der Waals surface area contributed by atoms with Crippen LogP contribution in [0, 0.1) is 23.7 Å². The van der Waals surface area contributed by atoms with Gasteiger partial charge in [0.15, 0.2) is 0 Å². The SMILES string of the molecule is C=C(COc1cccc2c1CC1CCC(CCC(CCCCC)OC(=O)C3CC3)C1C2)OC. The number of carbonyl (C=O) groups is 1. The molecule has 3 aliphatic carbocycles. The van der Waals surface area contributed by atoms with Gasteiger partial charge < -0.3 is 14.2 Å². The van der Waals surface area contributed by atoms with E-state index in [9.17, 15) is 4.79 Å². The van der Waals surface area contributed by atoms with Gasteiger partial charge in [-0.25, -0.2) is 0 Å². The highest BCUT2D eigenvalue weighted by Gasteiger charge is 2.40. The van der Waals surface area contributed by atoms with Crippen molar-refractivity contribution in [1.82, 2.24) is 0 Å². The Hall–Kier alpha value is -1.97. The van der Waals surface area contributed by atoms with Crippen LogP contribution < -0.4 is 4.74 Å². The average molecular weight is 455 g/mol. The molecule has 0 radical (unpaired) electrons. The zero-order valence-corrected chi connectivity index (χ0v) is 20.7. The van der Waals surface area contributed by atoms with Crippen LogP contribution in [0.15, 0.2) is 30.5 Å². The Kier molecular flexibility index (Phi) is 8.38. The van der Waals surface area contributed by atoms with E-state index < -0.39 is 0 Å². The van der Waals surface area contributed by atoms with Gasteiger partial charge in [-0.3, -0.25) is 4.79 Å². The maximum absolute atomic E-state index is 12.3. The number of hydrogen-bond acceptors (Lipinski definition) is 4. The molecule has 4 nitrogen and oxygen atoms in total. The summed E-state index contributed by atoms with van der Waals surface area (Å²) in [5.74, 6) is 4.14. The lowest BCUT2D eigenvalue weighted by molar-refractivity contribution is -0.151. The van der Waals surface area contributed by atoms with Gasteiger partial charge in [0.05, 0.1) is 13.0 Å². The molecule has 4 rings (SSSR count). The first-order valence-corrected chi connectivity index (χ1v) is 13.2. The molecule has 0 saturated heterocycles. The minimum Gasteiger partial charge on any atom is -0.498 e. The Bertz CT molecular complexity index is 812. The maximum atomic E-state index is 12.3. The number of carbonyl (C=O) groups excluding carboxylic acids is 1. The highest BCUT2D eigenvalue weighted by atomic mass is 16.5. The van der Waals surface area contributed by atoms with Gasteiger partial charge in [0.2, 0.25) is 0 Å². The third-order valence-electron chi connectivity index (χ3n) is 8.13. The van der Waals surface area contributed by atoms with E-state index in [1.807, 2.05) is 0 Å². The van der Waals surface area contributed by atoms with E-state index in [2.05, 4.69) is 31.7 Å². The van der Waals surface area contributed by atoms with Gasteiger partial charge in [-0.1, -0.05) is 38.5 Å². The molecule has 1 aromatic carbocycles. The smallest absolute Gasteiger partial charge is 0.309 e. The van der Waals surface area contributed by atoms with Gasteiger partial charge in [-0.15, -0.1) is 0 Å². The molecular weight excluding hydrogens is 412 g/mol. The Morgan fingerprint density at radius 3 is 2.73 bits per heavy atom. The first kappa shape index (κ1) is 24.2. The zero-order chi connectivity index (χ0) is 23.2. The molecule has 0 amide bonds. The third-order valence-corrected chi connectivity index (χ3v) is 8.13. The fraction of sp³-hybridized carbons (Fsp3) is 0.690. The lowest BCUT2D eigenvalue weighted by Gasteiger charge is -2.33. The molecule has 4 unspecified atom stereocenters. The molecule has 2 saturated carbocycles. The van der Waals surface area contributed by atoms with Crippen molar-refractivity contribution in [3.63, 3.8) is 0 Å². The zero-order valence-electron chi connectivity index (χ0n) is 20.7. The molecule has 0 spiro atoms. The highest BCUT2D eigenvalue weighted by Crippen LogP contribution is 2.48. The summed E-state index contributed by atoms with van der Waals surface area (Å²) in [6.45, 7) is 6.51. The lowest BCUT2D eigenvalue weighted by Crippen LogP contribution is -2.27. The Labute approximate surface area is 200 Å². The number of unbranched alkanes of at least 4 members (excludes halogenated alkanes) is 2. The summed E-state index contributed by atoms with van der Waals surface area (Å²) in [7, 11) is 1.64. The van der Waals surface area contributed by atoms with Crippen LogP contribution in [0.1, 0.15) is 82.3 Å². The summed E-state index contributed by atoms with van der Waals surface area (Å²) in [6, 6.07) is 6.49. The molecule has 4 atom stereocenters. The molecule has 0 bridgehead atoms. The highest BCUT2D eigenvalue weighted by molar-refractivity contribution is 5.75. The first-order valence-electron chi connectivity index (χ1n) is 13.2. The van der Waals surface area contributed by atoms with Crippen LogP contribution in [0.3, 0.4) is 0 Å². The molecule has 33 heavy (non-hydrogen) atoms. The van der Waals surface area contributed by atoms with E-state index in [0.29, 0.717) is 12.4 Å². The quantitative estimate of drug-likeness (QED) is 0.190. The number of esters is 1. The second kappa shape index (κ2) is 11.4. The van der Waals surface area contributed by atoms with Crippen molar-refractivity contribution in [2.24, 2.45) is 23.7 Å². The minimum atomic E-state index is 0.0658. The Morgan fingerprint density at radius 1 is 1.12 bits per heavy atom. The summed E-state index contributed by atoms with van der Waals surface area (Å²) >= 11 is 0. The number of fused-ring (bicyclic) bond motifs is 2. The van der Waals surface area contributed by atoms with Crippen molar-refractivity contribution in [1.29, 1.82) is 0 Å². The maximum Gasteiger partial charge on any atom is 0.309 e. The van der Waals surface area contributed by atoms with Gasteiger partial charge in [-0.2, -0.15) is 0 Å². The Balaban J connectivity index is 1.34. The van der Waals surface area contributed by atoms with Crippen LogP contribution in [0.2, 0.25) is 0 Å². The second-order valence-electron chi connectivity index (χ2n) is 10.5. The summed E-state index contributed by atoms with van der Waals surface area (Å²) < 4.78 is 17.2. The van der Waals surface area contributed by atoms with E-state index in [0.717, 1.165) is 62.0 Å². The van der Waals surface area contributed by atoms with Gasteiger partial charge in [0.1, 0.15) is 24.2 Å². The third kappa shape index (κ3) is 6.33. The molecule has 4 heteroatoms. The monoisotopic (exact) mass is 454 g/mol. The van der Waals surface area contributed by atoms with Crippen LogP contribution in [0.4, 0.5) is 0 Å². The van der Waals surface area contributed by atoms with Crippen LogP contribution in [-0.2, 0) is 27.1 Å². The van der Waals surface area contributed by atoms with Crippen LogP contribution in [0.5, 0.6) is 5.75 Å². The average Bonchev–Trinajstić information content (AvgIpc) is 3.61. The summed E-state index contributed by atoms with van der Waals surface area (Å²) in [5, 5.41) is 0. The second-order valence-corrected chi connectivity index (χ2v) is 10.5. The minimum absolute atomic E-state index is 0.0658. The molecular formula is C29H42O4. The Morgan fingerprint density at radius 2 is 1.97 bits per heavy atom. The van der Waals surface area contributed by atoms with Crippen LogP contribution >= 0.6 is 0 Å². The van der Waals surface area contributed by atoms with Gasteiger partial charge in [-0.05, 0) is 99.2 Å². The van der Waals surface area contributed by atoms with E-state index in [4.69, 9.17) is 14.2 Å². The number of benzene rings is 1. The topological polar surface area (TPSA) is 44.8 Å². The van der Waals surface area contributed by atoms with Gasteiger partial charge in [0, 0.05) is 0 Å². The van der Waals surface area contributed by atoms with Crippen LogP contribution in [0.25, 0.3) is 0 Å². The molecule has 182 valence electrons. The largest absolute Gasteiger partial charge is 0.498 e. The summed E-state index contributed by atoms with van der Waals surface area (Å²) in [4.78, 5) is 12.3. The van der Waals surface area contributed by atoms with E-state index in [1.165, 1.54) is 49.7 Å². The number of hydrogen-bond donors (Lipinski definition) is 0. The molecule has 0 aromatic heterocycles. The van der Waals surface area contributed by atoms with Crippen molar-refractivity contribution >= 4 is 5.97 Å². The van der Waals surface area contributed by atoms with Crippen LogP contribution in [-0.4, -0.2) is 25.8 Å². The summed E-state index contributed by atoms with van der Waals surface area (Å²) in [5.41, 5.74) is 2.84. The number of rotatable bonds is 13. The van der Waals surface area contributed by atoms with Crippen molar-refractivity contribution in [2.75, 3.05) is 13.7 Å². The van der Waals surface area contributed by atoms with Crippen molar-refractivity contribution < 1.29 is 19.0 Å². The fourth-order valence-corrected chi connectivity index (χ4v) is 5.95. The van der Waals surface area contributed by atoms with Crippen molar-refractivity contribution in [3.8, 4) is 5.75 Å². The predicted octanol–water partition coefficient (Wildman–Crippen LogP) is 6.65. The lowest BCUT2D eigenvalue weighted by atomic mass is 9.73. The molecule has 0 N–H and O–H groups in total. The van der Waals surface area contributed by atoms with E-state index in [-0.39, 0.29) is 18.0 Å². The van der Waals surface area contributed by atoms with Crippen molar-refractivity contribution in [3.05, 3.63) is 41.7 Å². The molecule has 3 aliphatic rings. The standard InChI is InChI=1S/C29H42O4/c1-4-5-6-9-25(33-29(30)22-12-13-22)16-15-21-11-14-24-18-27-23(17-26(21)24)8-7-10-28(27)32-19-20(2)31-3/h7-8,10,21-22,24-26H,2,4-6,9,11-19H2,1,3H3. The van der Waals surface area contributed by atoms with E-state index >= 15 is 0 Å². The molecule has 0 heterocycles. The number of ether oxygens (including phenoxy) is 3. The van der Waals surface area contributed by atoms with E-state index in [1.54, 1.807) is 7.11 Å². The first-order chi connectivity index (χ1) is 16.1. The number of methoxy groups -OCH3 is 1. The predicted molar refractivity (Wildman–Crippen MR) is 131 cm³/mol. The molecule has 0 aliphatic heterocycles. The van der Waals surface area contributed by atoms with Gasteiger partial charge in [0.25, 0.3) is 0 Å². The summed E-state index contributed by atoms with van der Waals surface area (Å²) in [6.07, 6.45) is 13.9. The fourth-order valence-electron chi connectivity index (χ4n) is 5.95. The van der Waals surface area contributed by atoms with Gasteiger partial charge >= 0.3 is 5.97 Å². The van der Waals surface area contributed by atoms with Crippen molar-refractivity contribution in [2.45, 2.75) is 90.1 Å². The molecule has 2 fully saturated rings.